The minimum Gasteiger partial charge on any atom is -0.315 e. The second-order valence-electron chi connectivity index (χ2n) is 7.04. The van der Waals surface area contributed by atoms with Crippen LogP contribution in [0, 0.1) is 5.92 Å². The zero-order valence-electron chi connectivity index (χ0n) is 12.8. The van der Waals surface area contributed by atoms with Gasteiger partial charge in [-0.2, -0.15) is 0 Å². The first-order valence-electron chi connectivity index (χ1n) is 8.02. The highest BCUT2D eigenvalue weighted by Crippen LogP contribution is 2.38. The van der Waals surface area contributed by atoms with E-state index in [1.54, 1.807) is 0 Å². The molecule has 1 aliphatic carbocycles. The Morgan fingerprint density at radius 2 is 2.06 bits per heavy atom. The molecule has 0 aromatic rings. The van der Waals surface area contributed by atoms with Crippen molar-refractivity contribution >= 4 is 0 Å². The van der Waals surface area contributed by atoms with Gasteiger partial charge in [0.05, 0.1) is 0 Å². The van der Waals surface area contributed by atoms with E-state index < -0.39 is 0 Å². The molecule has 1 heterocycles. The van der Waals surface area contributed by atoms with Crippen molar-refractivity contribution < 1.29 is 0 Å². The maximum Gasteiger partial charge on any atom is 0.0257 e. The molecule has 2 fully saturated rings. The highest BCUT2D eigenvalue weighted by Gasteiger charge is 2.41. The average Bonchev–Trinajstić information content (AvgIpc) is 2.69. The van der Waals surface area contributed by atoms with Crippen molar-refractivity contribution in [3.63, 3.8) is 0 Å². The first-order chi connectivity index (χ1) is 8.58. The van der Waals surface area contributed by atoms with Gasteiger partial charge in [0.1, 0.15) is 0 Å². The Labute approximate surface area is 114 Å². The lowest BCUT2D eigenvalue weighted by Crippen LogP contribution is -2.56. The van der Waals surface area contributed by atoms with Crippen molar-refractivity contribution in [1.29, 1.82) is 0 Å². The number of likely N-dealkylation sites (tertiary alicyclic amines) is 1. The standard InChI is InChI=1S/C16H32N2/c1-5-7-13-8-9-14(17-4)15(12-13)18-11-6-10-16(18,2)3/h13-15,17H,5-12H2,1-4H3. The van der Waals surface area contributed by atoms with Gasteiger partial charge in [-0.3, -0.25) is 4.90 Å². The molecule has 0 spiro atoms. The lowest BCUT2D eigenvalue weighted by Gasteiger charge is -2.46. The summed E-state index contributed by atoms with van der Waals surface area (Å²) in [6.45, 7) is 8.53. The Morgan fingerprint density at radius 1 is 1.28 bits per heavy atom. The van der Waals surface area contributed by atoms with E-state index in [0.717, 1.165) is 18.0 Å². The minimum absolute atomic E-state index is 0.424. The Balaban J connectivity index is 2.06. The molecule has 0 aromatic carbocycles. The Morgan fingerprint density at radius 3 is 2.61 bits per heavy atom. The fourth-order valence-corrected chi connectivity index (χ4v) is 4.33. The molecule has 1 saturated carbocycles. The molecular weight excluding hydrogens is 220 g/mol. The molecule has 2 heteroatoms. The highest BCUT2D eigenvalue weighted by atomic mass is 15.3. The minimum atomic E-state index is 0.424. The van der Waals surface area contributed by atoms with Crippen LogP contribution < -0.4 is 5.32 Å². The average molecular weight is 252 g/mol. The van der Waals surface area contributed by atoms with Crippen LogP contribution in [-0.2, 0) is 0 Å². The van der Waals surface area contributed by atoms with Crippen molar-refractivity contribution in [2.24, 2.45) is 5.92 Å². The van der Waals surface area contributed by atoms with Gasteiger partial charge in [0.25, 0.3) is 0 Å². The quantitative estimate of drug-likeness (QED) is 0.825. The fraction of sp³-hybridized carbons (Fsp3) is 1.00. The molecule has 2 aliphatic rings. The number of likely N-dealkylation sites (N-methyl/N-ethyl adjacent to an activating group) is 1. The lowest BCUT2D eigenvalue weighted by atomic mass is 9.78. The second kappa shape index (κ2) is 5.92. The maximum atomic E-state index is 3.59. The Hall–Kier alpha value is -0.0800. The third kappa shape index (κ3) is 2.91. The zero-order valence-corrected chi connectivity index (χ0v) is 12.8. The molecule has 2 nitrogen and oxygen atoms in total. The normalized spacial score (nSPS) is 37.0. The summed E-state index contributed by atoms with van der Waals surface area (Å²) in [7, 11) is 2.15. The summed E-state index contributed by atoms with van der Waals surface area (Å²) in [5.74, 6) is 0.973. The van der Waals surface area contributed by atoms with Crippen LogP contribution in [0.25, 0.3) is 0 Å². The molecular formula is C16H32N2. The second-order valence-corrected chi connectivity index (χ2v) is 7.04. The largest absolute Gasteiger partial charge is 0.315 e. The van der Waals surface area contributed by atoms with E-state index in [-0.39, 0.29) is 0 Å². The molecule has 0 radical (unpaired) electrons. The predicted octanol–water partition coefficient (Wildman–Crippen LogP) is 3.42. The summed E-state index contributed by atoms with van der Waals surface area (Å²) in [5.41, 5.74) is 0.424. The van der Waals surface area contributed by atoms with Crippen LogP contribution in [0.15, 0.2) is 0 Å². The van der Waals surface area contributed by atoms with Gasteiger partial charge in [-0.05, 0) is 65.5 Å². The van der Waals surface area contributed by atoms with Crippen molar-refractivity contribution in [3.05, 3.63) is 0 Å². The monoisotopic (exact) mass is 252 g/mol. The zero-order chi connectivity index (χ0) is 13.2. The number of hydrogen-bond acceptors (Lipinski definition) is 2. The van der Waals surface area contributed by atoms with E-state index in [4.69, 9.17) is 0 Å². The van der Waals surface area contributed by atoms with Gasteiger partial charge in [0.2, 0.25) is 0 Å². The summed E-state index contributed by atoms with van der Waals surface area (Å²) in [6.07, 6.45) is 9.77. The molecule has 2 rings (SSSR count). The summed E-state index contributed by atoms with van der Waals surface area (Å²) < 4.78 is 0. The van der Waals surface area contributed by atoms with E-state index in [9.17, 15) is 0 Å². The smallest absolute Gasteiger partial charge is 0.0257 e. The molecule has 0 amide bonds. The summed E-state index contributed by atoms with van der Waals surface area (Å²) in [4.78, 5) is 2.82. The predicted molar refractivity (Wildman–Crippen MR) is 78.9 cm³/mol. The van der Waals surface area contributed by atoms with Crippen LogP contribution in [-0.4, -0.2) is 36.1 Å². The first kappa shape index (κ1) is 14.3. The maximum absolute atomic E-state index is 3.59. The molecule has 1 N–H and O–H groups in total. The third-order valence-electron chi connectivity index (χ3n) is 5.36. The number of rotatable bonds is 4. The third-order valence-corrected chi connectivity index (χ3v) is 5.36. The van der Waals surface area contributed by atoms with Gasteiger partial charge in [-0.15, -0.1) is 0 Å². The van der Waals surface area contributed by atoms with E-state index in [1.165, 1.54) is 51.5 Å². The van der Waals surface area contributed by atoms with Gasteiger partial charge in [0, 0.05) is 17.6 Å². The lowest BCUT2D eigenvalue weighted by molar-refractivity contribution is 0.0494. The van der Waals surface area contributed by atoms with Gasteiger partial charge in [0.15, 0.2) is 0 Å². The van der Waals surface area contributed by atoms with Gasteiger partial charge in [-0.1, -0.05) is 19.8 Å². The number of hydrogen-bond donors (Lipinski definition) is 1. The molecule has 18 heavy (non-hydrogen) atoms. The van der Waals surface area contributed by atoms with Crippen molar-refractivity contribution in [1.82, 2.24) is 10.2 Å². The summed E-state index contributed by atoms with van der Waals surface area (Å²) in [5, 5.41) is 3.59. The van der Waals surface area contributed by atoms with Crippen molar-refractivity contribution in [2.45, 2.75) is 83.3 Å². The SMILES string of the molecule is CCCC1CCC(NC)C(N2CCCC2(C)C)C1. The number of nitrogens with zero attached hydrogens (tertiary/aromatic N) is 1. The summed E-state index contributed by atoms with van der Waals surface area (Å²) in [6, 6.07) is 1.49. The molecule has 1 aliphatic heterocycles. The van der Waals surface area contributed by atoms with E-state index in [1.807, 2.05) is 0 Å². The topological polar surface area (TPSA) is 15.3 Å². The molecule has 106 valence electrons. The molecule has 3 atom stereocenters. The van der Waals surface area contributed by atoms with Crippen molar-refractivity contribution in [3.8, 4) is 0 Å². The summed E-state index contributed by atoms with van der Waals surface area (Å²) >= 11 is 0. The Bertz CT molecular complexity index is 262. The van der Waals surface area contributed by atoms with Crippen LogP contribution in [0.1, 0.15) is 65.7 Å². The molecule has 0 bridgehead atoms. The number of nitrogens with one attached hydrogen (secondary N) is 1. The fourth-order valence-electron chi connectivity index (χ4n) is 4.33. The highest BCUT2D eigenvalue weighted by molar-refractivity contribution is 4.98. The molecule has 1 saturated heterocycles. The van der Waals surface area contributed by atoms with E-state index in [0.29, 0.717) is 5.54 Å². The van der Waals surface area contributed by atoms with Gasteiger partial charge >= 0.3 is 0 Å². The van der Waals surface area contributed by atoms with E-state index in [2.05, 4.69) is 38.0 Å². The Kier molecular flexibility index (Phi) is 4.71. The van der Waals surface area contributed by atoms with Crippen molar-refractivity contribution in [2.75, 3.05) is 13.6 Å². The van der Waals surface area contributed by atoms with Crippen LogP contribution in [0.2, 0.25) is 0 Å². The first-order valence-corrected chi connectivity index (χ1v) is 8.02. The van der Waals surface area contributed by atoms with Crippen LogP contribution in [0.3, 0.4) is 0 Å². The molecule has 3 unspecified atom stereocenters. The van der Waals surface area contributed by atoms with E-state index >= 15 is 0 Å². The molecule has 0 aromatic heterocycles. The van der Waals surface area contributed by atoms with Crippen LogP contribution >= 0.6 is 0 Å². The van der Waals surface area contributed by atoms with Gasteiger partial charge in [-0.25, -0.2) is 0 Å². The van der Waals surface area contributed by atoms with Gasteiger partial charge < -0.3 is 5.32 Å². The van der Waals surface area contributed by atoms with Crippen LogP contribution in [0.4, 0.5) is 0 Å². The van der Waals surface area contributed by atoms with Crippen LogP contribution in [0.5, 0.6) is 0 Å².